The zero-order chi connectivity index (χ0) is 15.2. The van der Waals surface area contributed by atoms with Crippen LogP contribution in [0.15, 0.2) is 24.3 Å². The molecule has 2 rings (SSSR count). The Balaban J connectivity index is 1.97. The number of hydrogen-bond acceptors (Lipinski definition) is 4. The summed E-state index contributed by atoms with van der Waals surface area (Å²) in [5, 5.41) is 2.46. The van der Waals surface area contributed by atoms with Gasteiger partial charge < -0.3 is 15.0 Å². The van der Waals surface area contributed by atoms with Crippen LogP contribution in [0.25, 0.3) is 0 Å². The lowest BCUT2D eigenvalue weighted by molar-refractivity contribution is -0.143. The Morgan fingerprint density at radius 1 is 1.29 bits per heavy atom. The number of esters is 1. The van der Waals surface area contributed by atoms with Gasteiger partial charge in [0.05, 0.1) is 6.61 Å². The summed E-state index contributed by atoms with van der Waals surface area (Å²) < 4.78 is 4.73. The molecule has 21 heavy (non-hydrogen) atoms. The van der Waals surface area contributed by atoms with Crippen molar-refractivity contribution >= 4 is 23.5 Å². The number of ether oxygens (including phenoxy) is 1. The monoisotopic (exact) mass is 290 g/mol. The molecule has 1 aromatic rings. The third-order valence-corrected chi connectivity index (χ3v) is 3.23. The minimum atomic E-state index is -0.490. The molecule has 112 valence electrons. The van der Waals surface area contributed by atoms with Crippen LogP contribution in [0, 0.1) is 0 Å². The zero-order valence-electron chi connectivity index (χ0n) is 11.9. The van der Waals surface area contributed by atoms with Crippen molar-refractivity contribution in [2.24, 2.45) is 0 Å². The van der Waals surface area contributed by atoms with E-state index in [4.69, 9.17) is 4.74 Å². The van der Waals surface area contributed by atoms with E-state index in [2.05, 4.69) is 5.32 Å². The molecule has 0 unspecified atom stereocenters. The van der Waals surface area contributed by atoms with Gasteiger partial charge in [0.25, 0.3) is 0 Å². The number of fused-ring (bicyclic) bond motifs is 1. The number of carbonyl (C=O) groups is 3. The maximum Gasteiger partial charge on any atom is 0.325 e. The molecule has 0 spiro atoms. The van der Waals surface area contributed by atoms with Crippen molar-refractivity contribution < 1.29 is 19.1 Å². The van der Waals surface area contributed by atoms with E-state index in [1.807, 2.05) is 24.3 Å². The molecule has 0 atom stereocenters. The van der Waals surface area contributed by atoms with Crippen LogP contribution in [0.4, 0.5) is 5.69 Å². The summed E-state index contributed by atoms with van der Waals surface area (Å²) >= 11 is 0. The van der Waals surface area contributed by atoms with Gasteiger partial charge in [0.15, 0.2) is 0 Å². The summed E-state index contributed by atoms with van der Waals surface area (Å²) in [6, 6.07) is 7.52. The van der Waals surface area contributed by atoms with Crippen molar-refractivity contribution in [1.82, 2.24) is 5.32 Å². The summed E-state index contributed by atoms with van der Waals surface area (Å²) in [5.74, 6) is -0.954. The number of nitrogens with zero attached hydrogens (tertiary/aromatic N) is 1. The molecule has 0 saturated heterocycles. The van der Waals surface area contributed by atoms with Gasteiger partial charge in [-0.3, -0.25) is 14.4 Å². The lowest BCUT2D eigenvalue weighted by Gasteiger charge is -2.28. The van der Waals surface area contributed by atoms with Gasteiger partial charge in [-0.15, -0.1) is 0 Å². The molecule has 6 nitrogen and oxygen atoms in total. The van der Waals surface area contributed by atoms with E-state index < -0.39 is 5.97 Å². The molecule has 2 amide bonds. The average Bonchev–Trinajstić information content (AvgIpc) is 2.48. The van der Waals surface area contributed by atoms with Crippen LogP contribution < -0.4 is 10.2 Å². The summed E-state index contributed by atoms with van der Waals surface area (Å²) in [6.45, 7) is 1.70. The molecule has 1 heterocycles. The highest BCUT2D eigenvalue weighted by atomic mass is 16.5. The van der Waals surface area contributed by atoms with Gasteiger partial charge >= 0.3 is 5.97 Å². The number of nitrogens with one attached hydrogen (secondary N) is 1. The molecule has 0 saturated carbocycles. The molecular formula is C15H18N2O4. The lowest BCUT2D eigenvalue weighted by Crippen LogP contribution is -2.44. The van der Waals surface area contributed by atoms with Crippen molar-refractivity contribution in [3.63, 3.8) is 0 Å². The first-order valence-corrected chi connectivity index (χ1v) is 6.92. The van der Waals surface area contributed by atoms with Crippen LogP contribution in [-0.2, 0) is 25.5 Å². The maximum absolute atomic E-state index is 12.0. The largest absolute Gasteiger partial charge is 0.465 e. The first-order valence-electron chi connectivity index (χ1n) is 6.92. The predicted molar refractivity (Wildman–Crippen MR) is 76.8 cm³/mol. The second kappa shape index (κ2) is 6.88. The molecule has 1 N–H and O–H groups in total. The van der Waals surface area contributed by atoms with Crippen molar-refractivity contribution in [3.8, 4) is 0 Å². The summed E-state index contributed by atoms with van der Waals surface area (Å²) in [6.07, 6.45) is 1.08. The molecule has 1 aliphatic rings. The Hall–Kier alpha value is -2.37. The van der Waals surface area contributed by atoms with E-state index in [9.17, 15) is 14.4 Å². The fourth-order valence-corrected chi connectivity index (χ4v) is 2.25. The van der Waals surface area contributed by atoms with Gasteiger partial charge in [0.1, 0.15) is 13.1 Å². The van der Waals surface area contributed by atoms with E-state index in [1.165, 1.54) is 4.90 Å². The fourth-order valence-electron chi connectivity index (χ4n) is 2.25. The highest BCUT2D eigenvalue weighted by molar-refractivity contribution is 6.01. The van der Waals surface area contributed by atoms with E-state index >= 15 is 0 Å². The smallest absolute Gasteiger partial charge is 0.325 e. The summed E-state index contributed by atoms with van der Waals surface area (Å²) in [5.41, 5.74) is 1.82. The van der Waals surface area contributed by atoms with Gasteiger partial charge in [-0.25, -0.2) is 0 Å². The molecule has 6 heteroatoms. The second-order valence-corrected chi connectivity index (χ2v) is 4.69. The molecule has 0 bridgehead atoms. The van der Waals surface area contributed by atoms with Crippen LogP contribution in [-0.4, -0.2) is 37.5 Å². The van der Waals surface area contributed by atoms with Gasteiger partial charge in [0.2, 0.25) is 11.8 Å². The average molecular weight is 290 g/mol. The number of amides is 2. The molecule has 0 radical (unpaired) electrons. The minimum absolute atomic E-state index is 0.0833. The number of hydrogen-bond donors (Lipinski definition) is 1. The van der Waals surface area contributed by atoms with E-state index in [-0.39, 0.29) is 31.5 Å². The third-order valence-electron chi connectivity index (χ3n) is 3.23. The second-order valence-electron chi connectivity index (χ2n) is 4.69. The SMILES string of the molecule is CCOC(=O)CNC(=O)CN1C(=O)CCc2ccccc21. The number of benzene rings is 1. The number of para-hydroxylation sites is 1. The molecule has 1 aromatic carbocycles. The Kier molecular flexibility index (Phi) is 4.92. The van der Waals surface area contributed by atoms with Crippen molar-refractivity contribution in [1.29, 1.82) is 0 Å². The zero-order valence-corrected chi connectivity index (χ0v) is 11.9. The van der Waals surface area contributed by atoms with E-state index in [1.54, 1.807) is 6.92 Å². The van der Waals surface area contributed by atoms with Crippen LogP contribution in [0.2, 0.25) is 0 Å². The van der Waals surface area contributed by atoms with Crippen LogP contribution in [0.1, 0.15) is 18.9 Å². The summed E-state index contributed by atoms with van der Waals surface area (Å²) in [4.78, 5) is 36.5. The first kappa shape index (κ1) is 15.0. The standard InChI is InChI=1S/C15H18N2O4/c1-2-21-15(20)9-16-13(18)10-17-12-6-4-3-5-11(12)7-8-14(17)19/h3-6H,2,7-10H2,1H3,(H,16,18). The van der Waals surface area contributed by atoms with E-state index in [0.717, 1.165) is 11.3 Å². The molecule has 0 aromatic heterocycles. The first-order chi connectivity index (χ1) is 10.1. The van der Waals surface area contributed by atoms with Crippen molar-refractivity contribution in [2.45, 2.75) is 19.8 Å². The number of anilines is 1. The third kappa shape index (κ3) is 3.81. The number of aryl methyl sites for hydroxylation is 1. The molecular weight excluding hydrogens is 272 g/mol. The van der Waals surface area contributed by atoms with Crippen LogP contribution in [0.3, 0.4) is 0 Å². The molecule has 0 aliphatic carbocycles. The summed E-state index contributed by atoms with van der Waals surface area (Å²) in [7, 11) is 0. The van der Waals surface area contributed by atoms with Crippen LogP contribution >= 0.6 is 0 Å². The fraction of sp³-hybridized carbons (Fsp3) is 0.400. The maximum atomic E-state index is 12.0. The molecule has 1 aliphatic heterocycles. The Morgan fingerprint density at radius 2 is 2.05 bits per heavy atom. The number of rotatable bonds is 5. The normalized spacial score (nSPS) is 13.6. The van der Waals surface area contributed by atoms with Gasteiger partial charge in [-0.05, 0) is 25.0 Å². The van der Waals surface area contributed by atoms with Crippen molar-refractivity contribution in [3.05, 3.63) is 29.8 Å². The Labute approximate surface area is 123 Å². The van der Waals surface area contributed by atoms with Gasteiger partial charge in [-0.2, -0.15) is 0 Å². The van der Waals surface area contributed by atoms with Crippen molar-refractivity contribution in [2.75, 3.05) is 24.6 Å². The van der Waals surface area contributed by atoms with Crippen LogP contribution in [0.5, 0.6) is 0 Å². The topological polar surface area (TPSA) is 75.7 Å². The number of carbonyl (C=O) groups excluding carboxylic acids is 3. The highest BCUT2D eigenvalue weighted by Crippen LogP contribution is 2.26. The van der Waals surface area contributed by atoms with E-state index in [0.29, 0.717) is 12.8 Å². The van der Waals surface area contributed by atoms with Gasteiger partial charge in [-0.1, -0.05) is 18.2 Å². The minimum Gasteiger partial charge on any atom is -0.465 e. The molecule has 0 fully saturated rings. The lowest BCUT2D eigenvalue weighted by atomic mass is 10.0. The highest BCUT2D eigenvalue weighted by Gasteiger charge is 2.25. The quantitative estimate of drug-likeness (QED) is 0.808. The Bertz CT molecular complexity index is 556. The predicted octanol–water partition coefficient (Wildman–Crippen LogP) is 0.645. The Morgan fingerprint density at radius 3 is 2.81 bits per heavy atom. The van der Waals surface area contributed by atoms with Gasteiger partial charge in [0, 0.05) is 12.1 Å².